The Hall–Kier alpha value is -0.453. The van der Waals surface area contributed by atoms with E-state index < -0.39 is 8.32 Å². The van der Waals surface area contributed by atoms with Gasteiger partial charge in [-0.3, -0.25) is 4.79 Å². The van der Waals surface area contributed by atoms with Gasteiger partial charge in [-0.1, -0.05) is 59.6 Å². The Balaban J connectivity index is 2.66. The Morgan fingerprint density at radius 3 is 2.47 bits per heavy atom. The quantitative estimate of drug-likeness (QED) is 0.392. The Morgan fingerprint density at radius 1 is 1.32 bits per heavy atom. The van der Waals surface area contributed by atoms with E-state index in [4.69, 9.17) is 4.43 Å². The summed E-state index contributed by atoms with van der Waals surface area (Å²) in [6.45, 7) is 6.49. The monoisotopic (exact) mass is 342 g/mol. The molecule has 0 saturated heterocycles. The molecule has 0 unspecified atom stereocenters. The lowest BCUT2D eigenvalue weighted by atomic mass is 10.0. The van der Waals surface area contributed by atoms with Crippen LogP contribution in [0.1, 0.15) is 36.5 Å². The van der Waals surface area contributed by atoms with Crippen LogP contribution < -0.4 is 0 Å². The third-order valence-electron chi connectivity index (χ3n) is 2.93. The fourth-order valence-corrected chi connectivity index (χ4v) is 3.52. The van der Waals surface area contributed by atoms with Gasteiger partial charge in [-0.15, -0.1) is 0 Å². The third-order valence-corrected chi connectivity index (χ3v) is 8.59. The Bertz CT molecular complexity index is 392. The predicted octanol–water partition coefficient (Wildman–Crippen LogP) is 4.58. The second-order valence-electron chi connectivity index (χ2n) is 5.42. The molecule has 1 atom stereocenters. The molecule has 0 amide bonds. The van der Waals surface area contributed by atoms with Crippen LogP contribution in [0.25, 0.3) is 0 Å². The minimum absolute atomic E-state index is 0.0527. The molecule has 0 aliphatic heterocycles. The summed E-state index contributed by atoms with van der Waals surface area (Å²) in [4.78, 5) is 13.1. The maximum atomic E-state index is 12.2. The fourth-order valence-electron chi connectivity index (χ4n) is 1.96. The first-order valence-electron chi connectivity index (χ1n) is 6.80. The van der Waals surface area contributed by atoms with E-state index in [9.17, 15) is 4.79 Å². The summed E-state index contributed by atoms with van der Waals surface area (Å²) in [5.74, 6) is 0.179. The second-order valence-corrected chi connectivity index (χ2v) is 11.1. The van der Waals surface area contributed by atoms with Crippen LogP contribution in [0.4, 0.5) is 0 Å². The van der Waals surface area contributed by atoms with Crippen molar-refractivity contribution in [2.24, 2.45) is 0 Å². The highest BCUT2D eigenvalue weighted by Gasteiger charge is 2.26. The highest BCUT2D eigenvalue weighted by Crippen LogP contribution is 2.18. The lowest BCUT2D eigenvalue weighted by molar-refractivity contribution is 0.0891. The van der Waals surface area contributed by atoms with Crippen molar-refractivity contribution in [3.05, 3.63) is 35.9 Å². The van der Waals surface area contributed by atoms with Crippen LogP contribution in [0.2, 0.25) is 13.1 Å². The van der Waals surface area contributed by atoms with Crippen molar-refractivity contribution in [2.45, 2.75) is 45.4 Å². The largest absolute Gasteiger partial charge is 0.413 e. The van der Waals surface area contributed by atoms with Gasteiger partial charge in [-0.25, -0.2) is 0 Å². The van der Waals surface area contributed by atoms with E-state index in [1.54, 1.807) is 0 Å². The van der Waals surface area contributed by atoms with Gasteiger partial charge in [-0.05, 0) is 19.5 Å². The molecule has 0 heterocycles. The zero-order valence-electron chi connectivity index (χ0n) is 12.0. The van der Waals surface area contributed by atoms with Crippen LogP contribution >= 0.6 is 15.9 Å². The maximum absolute atomic E-state index is 12.2. The standard InChI is InChI=1S/C15H23BrO2Si/c1-4-8-14(18-19(2,3)12-16)11-15(17)13-9-6-5-7-10-13/h5-7,9-10,14H,4,8,11-12H2,1-3H3/t14-/m0/s1. The summed E-state index contributed by atoms with van der Waals surface area (Å²) < 4.78 is 6.19. The van der Waals surface area contributed by atoms with E-state index in [1.807, 2.05) is 30.3 Å². The third kappa shape index (κ3) is 6.02. The molecule has 106 valence electrons. The highest BCUT2D eigenvalue weighted by molar-refractivity contribution is 9.09. The lowest BCUT2D eigenvalue weighted by Gasteiger charge is -2.27. The number of alkyl halides is 1. The summed E-state index contributed by atoms with van der Waals surface area (Å²) in [7, 11) is -1.68. The molecule has 0 radical (unpaired) electrons. The Morgan fingerprint density at radius 2 is 1.95 bits per heavy atom. The van der Waals surface area contributed by atoms with Crippen molar-refractivity contribution in [1.29, 1.82) is 0 Å². The van der Waals surface area contributed by atoms with Crippen molar-refractivity contribution in [1.82, 2.24) is 0 Å². The molecule has 0 N–H and O–H groups in total. The maximum Gasteiger partial charge on any atom is 0.197 e. The molecule has 0 bridgehead atoms. The predicted molar refractivity (Wildman–Crippen MR) is 86.4 cm³/mol. The van der Waals surface area contributed by atoms with Crippen LogP contribution in [0.15, 0.2) is 30.3 Å². The molecular weight excluding hydrogens is 320 g/mol. The molecule has 0 aromatic heterocycles. The first kappa shape index (κ1) is 16.6. The van der Waals surface area contributed by atoms with Crippen LogP contribution in [-0.2, 0) is 4.43 Å². The molecule has 1 aromatic rings. The van der Waals surface area contributed by atoms with Crippen molar-refractivity contribution in [2.75, 3.05) is 4.95 Å². The van der Waals surface area contributed by atoms with Gasteiger partial charge in [0.05, 0.1) is 6.10 Å². The number of rotatable bonds is 8. The summed E-state index contributed by atoms with van der Waals surface area (Å²) in [5, 5.41) is 0. The Labute approximate surface area is 125 Å². The van der Waals surface area contributed by atoms with Crippen molar-refractivity contribution >= 4 is 30.0 Å². The van der Waals surface area contributed by atoms with Gasteiger partial charge < -0.3 is 4.43 Å². The van der Waals surface area contributed by atoms with E-state index in [1.165, 1.54) is 0 Å². The van der Waals surface area contributed by atoms with E-state index in [0.717, 1.165) is 23.4 Å². The first-order valence-corrected chi connectivity index (χ1v) is 11.0. The van der Waals surface area contributed by atoms with Gasteiger partial charge in [-0.2, -0.15) is 0 Å². The van der Waals surface area contributed by atoms with E-state index in [2.05, 4.69) is 35.9 Å². The molecule has 0 spiro atoms. The normalized spacial score (nSPS) is 13.3. The molecule has 0 saturated carbocycles. The van der Waals surface area contributed by atoms with Gasteiger partial charge in [0.25, 0.3) is 0 Å². The minimum Gasteiger partial charge on any atom is -0.413 e. The van der Waals surface area contributed by atoms with Crippen LogP contribution in [0.5, 0.6) is 0 Å². The number of hydrogen-bond donors (Lipinski definition) is 0. The number of Topliss-reactive ketones (excluding diaryl/α,β-unsaturated/α-hetero) is 1. The molecule has 2 nitrogen and oxygen atoms in total. The number of hydrogen-bond acceptors (Lipinski definition) is 2. The number of carbonyl (C=O) groups excluding carboxylic acids is 1. The molecule has 0 aliphatic carbocycles. The van der Waals surface area contributed by atoms with Gasteiger partial charge in [0.15, 0.2) is 14.1 Å². The van der Waals surface area contributed by atoms with Gasteiger partial charge in [0.2, 0.25) is 0 Å². The molecule has 1 rings (SSSR count). The van der Waals surface area contributed by atoms with Gasteiger partial charge in [0.1, 0.15) is 0 Å². The van der Waals surface area contributed by atoms with E-state index in [-0.39, 0.29) is 11.9 Å². The number of carbonyl (C=O) groups is 1. The first-order chi connectivity index (χ1) is 8.98. The topological polar surface area (TPSA) is 26.3 Å². The SMILES string of the molecule is CCC[C@@H](CC(=O)c1ccccc1)O[Si](C)(C)CBr. The summed E-state index contributed by atoms with van der Waals surface area (Å²) >= 11 is 3.51. The summed E-state index contributed by atoms with van der Waals surface area (Å²) in [5.41, 5.74) is 0.783. The van der Waals surface area contributed by atoms with Crippen LogP contribution in [0.3, 0.4) is 0 Å². The fraction of sp³-hybridized carbons (Fsp3) is 0.533. The van der Waals surface area contributed by atoms with Crippen LogP contribution in [0, 0.1) is 0 Å². The lowest BCUT2D eigenvalue weighted by Crippen LogP contribution is -2.38. The zero-order chi connectivity index (χ0) is 14.3. The van der Waals surface area contributed by atoms with Crippen molar-refractivity contribution in [3.63, 3.8) is 0 Å². The van der Waals surface area contributed by atoms with Crippen LogP contribution in [-0.4, -0.2) is 25.2 Å². The Kier molecular flexibility index (Phi) is 6.97. The summed E-state index contributed by atoms with van der Waals surface area (Å²) in [6, 6.07) is 9.48. The number of benzene rings is 1. The molecule has 4 heteroatoms. The van der Waals surface area contributed by atoms with Gasteiger partial charge >= 0.3 is 0 Å². The number of halogens is 1. The van der Waals surface area contributed by atoms with Crippen molar-refractivity contribution < 1.29 is 9.22 Å². The smallest absolute Gasteiger partial charge is 0.197 e. The average Bonchev–Trinajstić information content (AvgIpc) is 2.39. The number of ketones is 1. The highest BCUT2D eigenvalue weighted by atomic mass is 79.9. The summed E-state index contributed by atoms with van der Waals surface area (Å²) in [6.07, 6.45) is 2.53. The molecule has 1 aromatic carbocycles. The zero-order valence-corrected chi connectivity index (χ0v) is 14.6. The minimum atomic E-state index is -1.68. The van der Waals surface area contributed by atoms with Crippen molar-refractivity contribution in [3.8, 4) is 0 Å². The molecule has 0 fully saturated rings. The van der Waals surface area contributed by atoms with E-state index >= 15 is 0 Å². The average molecular weight is 343 g/mol. The second kappa shape index (κ2) is 7.97. The molecule has 19 heavy (non-hydrogen) atoms. The molecule has 0 aliphatic rings. The van der Waals surface area contributed by atoms with Gasteiger partial charge in [0, 0.05) is 16.9 Å². The molecular formula is C15H23BrO2Si. The van der Waals surface area contributed by atoms with E-state index in [0.29, 0.717) is 6.42 Å².